The highest BCUT2D eigenvalue weighted by Crippen LogP contribution is 2.84. The second-order valence-electron chi connectivity index (χ2n) is 11.3. The molecule has 6 aliphatic rings. The second-order valence-corrected chi connectivity index (χ2v) is 11.3. The molecule has 4 unspecified atom stereocenters. The van der Waals surface area contributed by atoms with Gasteiger partial charge in [0.05, 0.1) is 25.0 Å². The third-order valence-corrected chi connectivity index (χ3v) is 11.2. The van der Waals surface area contributed by atoms with E-state index < -0.39 is 0 Å². The van der Waals surface area contributed by atoms with Crippen LogP contribution in [0.25, 0.3) is 0 Å². The molecule has 28 heavy (non-hydrogen) atoms. The first kappa shape index (κ1) is 17.8. The smallest absolute Gasteiger partial charge is 0.312 e. The molecule has 0 bridgehead atoms. The lowest BCUT2D eigenvalue weighted by molar-refractivity contribution is -0.160. The van der Waals surface area contributed by atoms with Crippen LogP contribution in [0.1, 0.15) is 52.4 Å². The number of ether oxygens (including phenoxy) is 2. The van der Waals surface area contributed by atoms with Crippen molar-refractivity contribution >= 4 is 11.9 Å². The molecule has 6 rings (SSSR count). The van der Waals surface area contributed by atoms with Gasteiger partial charge in [0, 0.05) is 0 Å². The Morgan fingerprint density at radius 1 is 0.643 bits per heavy atom. The van der Waals surface area contributed by atoms with Crippen molar-refractivity contribution in [2.24, 2.45) is 70.0 Å². The summed E-state index contributed by atoms with van der Waals surface area (Å²) in [5.41, 5.74) is -0.711. The highest BCUT2D eigenvalue weighted by molar-refractivity contribution is 5.81. The predicted molar refractivity (Wildman–Crippen MR) is 103 cm³/mol. The van der Waals surface area contributed by atoms with Crippen molar-refractivity contribution in [2.45, 2.75) is 52.4 Å². The summed E-state index contributed by atoms with van der Waals surface area (Å²) in [4.78, 5) is 26.7. The average Bonchev–Trinajstić information content (AvgIpc) is 3.45. The molecule has 0 N–H and O–H groups in total. The van der Waals surface area contributed by atoms with Gasteiger partial charge in [-0.2, -0.15) is 0 Å². The molecule has 0 amide bonds. The second kappa shape index (κ2) is 5.35. The Bertz CT molecular complexity index is 645. The number of hydrogen-bond donors (Lipinski definition) is 0. The molecule has 0 saturated heterocycles. The first-order chi connectivity index (χ1) is 13.4. The van der Waals surface area contributed by atoms with Crippen molar-refractivity contribution in [1.82, 2.24) is 0 Å². The van der Waals surface area contributed by atoms with Gasteiger partial charge in [0.1, 0.15) is 0 Å². The van der Waals surface area contributed by atoms with Gasteiger partial charge in [-0.05, 0) is 98.7 Å². The van der Waals surface area contributed by atoms with Crippen molar-refractivity contribution in [3.05, 3.63) is 0 Å². The van der Waals surface area contributed by atoms with E-state index in [2.05, 4.69) is 13.8 Å². The number of esters is 2. The Balaban J connectivity index is 1.59. The summed E-state index contributed by atoms with van der Waals surface area (Å²) in [5.74, 6) is 5.10. The third kappa shape index (κ3) is 1.59. The normalized spacial score (nSPS) is 59.9. The van der Waals surface area contributed by atoms with Crippen LogP contribution < -0.4 is 0 Å². The molecule has 6 aliphatic carbocycles. The zero-order valence-electron chi connectivity index (χ0n) is 17.6. The Labute approximate surface area is 168 Å². The molecule has 0 aromatic heterocycles. The fourth-order valence-corrected chi connectivity index (χ4v) is 11.2. The molecule has 154 valence electrons. The first-order valence-corrected chi connectivity index (χ1v) is 11.6. The number of rotatable bonds is 2. The van der Waals surface area contributed by atoms with Gasteiger partial charge in [0.2, 0.25) is 0 Å². The van der Waals surface area contributed by atoms with Gasteiger partial charge in [-0.25, -0.2) is 0 Å². The number of carbonyl (C=O) groups is 2. The van der Waals surface area contributed by atoms with E-state index in [9.17, 15) is 9.59 Å². The number of carbonyl (C=O) groups excluding carboxylic acids is 2. The van der Waals surface area contributed by atoms with Crippen LogP contribution in [0.4, 0.5) is 0 Å². The number of fused-ring (bicyclic) bond motifs is 6. The summed E-state index contributed by atoms with van der Waals surface area (Å²) in [6.07, 6.45) is 7.40. The summed E-state index contributed by atoms with van der Waals surface area (Å²) >= 11 is 0. The summed E-state index contributed by atoms with van der Waals surface area (Å²) in [5, 5.41) is 0. The molecular formula is C24H34O4. The molecule has 4 heteroatoms. The van der Waals surface area contributed by atoms with Crippen LogP contribution in [-0.4, -0.2) is 26.2 Å². The molecule has 0 aromatic rings. The molecule has 6 saturated carbocycles. The van der Waals surface area contributed by atoms with Crippen molar-refractivity contribution in [2.75, 3.05) is 14.2 Å². The van der Waals surface area contributed by atoms with E-state index in [0.717, 1.165) is 0 Å². The van der Waals surface area contributed by atoms with Gasteiger partial charge in [-0.3, -0.25) is 9.59 Å². The number of hydrogen-bond acceptors (Lipinski definition) is 4. The minimum absolute atomic E-state index is 0.0364. The average molecular weight is 387 g/mol. The molecule has 0 heterocycles. The van der Waals surface area contributed by atoms with Gasteiger partial charge in [0.15, 0.2) is 0 Å². The molecule has 0 aromatic carbocycles. The molecular weight excluding hydrogens is 352 g/mol. The molecule has 0 aliphatic heterocycles. The van der Waals surface area contributed by atoms with Gasteiger partial charge >= 0.3 is 11.9 Å². The van der Waals surface area contributed by atoms with Crippen molar-refractivity contribution < 1.29 is 19.1 Å². The maximum atomic E-state index is 13.4. The summed E-state index contributed by atoms with van der Waals surface area (Å²) in [6.45, 7) is 4.52. The van der Waals surface area contributed by atoms with E-state index in [0.29, 0.717) is 59.2 Å². The summed E-state index contributed by atoms with van der Waals surface area (Å²) in [6, 6.07) is 0. The van der Waals surface area contributed by atoms with Gasteiger partial charge in [-0.1, -0.05) is 12.8 Å². The van der Waals surface area contributed by atoms with E-state index in [1.54, 1.807) is 14.2 Å². The first-order valence-electron chi connectivity index (χ1n) is 11.6. The van der Waals surface area contributed by atoms with Crippen LogP contribution >= 0.6 is 0 Å². The van der Waals surface area contributed by atoms with Crippen LogP contribution in [0, 0.1) is 70.0 Å². The molecule has 0 spiro atoms. The van der Waals surface area contributed by atoms with E-state index in [4.69, 9.17) is 9.47 Å². The summed E-state index contributed by atoms with van der Waals surface area (Å²) < 4.78 is 11.0. The van der Waals surface area contributed by atoms with Gasteiger partial charge in [0.25, 0.3) is 0 Å². The van der Waals surface area contributed by atoms with Crippen LogP contribution in [0.5, 0.6) is 0 Å². The van der Waals surface area contributed by atoms with Crippen molar-refractivity contribution in [1.29, 1.82) is 0 Å². The highest BCUT2D eigenvalue weighted by Gasteiger charge is 2.84. The predicted octanol–water partition coefficient (Wildman–Crippen LogP) is 3.93. The molecule has 6 fully saturated rings. The van der Waals surface area contributed by atoms with Crippen LogP contribution in [0.3, 0.4) is 0 Å². The zero-order chi connectivity index (χ0) is 19.6. The van der Waals surface area contributed by atoms with Gasteiger partial charge < -0.3 is 9.47 Å². The van der Waals surface area contributed by atoms with E-state index in [1.165, 1.54) is 38.5 Å². The Morgan fingerprint density at radius 2 is 0.929 bits per heavy atom. The van der Waals surface area contributed by atoms with Crippen LogP contribution in [-0.2, 0) is 19.1 Å². The maximum absolute atomic E-state index is 13.4. The highest BCUT2D eigenvalue weighted by atomic mass is 16.5. The summed E-state index contributed by atoms with van der Waals surface area (Å²) in [7, 11) is 3.16. The van der Waals surface area contributed by atoms with Crippen molar-refractivity contribution in [3.63, 3.8) is 0 Å². The lowest BCUT2D eigenvalue weighted by Gasteiger charge is -2.40. The van der Waals surface area contributed by atoms with Crippen molar-refractivity contribution in [3.8, 4) is 0 Å². The van der Waals surface area contributed by atoms with E-state index in [-0.39, 0.29) is 22.8 Å². The molecule has 0 radical (unpaired) electrons. The molecule has 4 nitrogen and oxygen atoms in total. The Hall–Kier alpha value is -1.06. The zero-order valence-corrected chi connectivity index (χ0v) is 17.6. The maximum Gasteiger partial charge on any atom is 0.312 e. The van der Waals surface area contributed by atoms with Crippen LogP contribution in [0.15, 0.2) is 0 Å². The quantitative estimate of drug-likeness (QED) is 0.675. The third-order valence-electron chi connectivity index (χ3n) is 11.2. The Kier molecular flexibility index (Phi) is 3.39. The standard InChI is InChI=1S/C24H34O4/c1-23(21(25)27-3)17-11-7-5-9-13(11)19-15(17)16-18(23)12-8-6-10-14(12)20(16)24(19,2)22(26)28-4/h11-20H,5-10H2,1-4H3/t11-,12-,13+,14+,15?,16?,17-,18+,19-,20+,23?,24?. The molecule has 12 atom stereocenters. The van der Waals surface area contributed by atoms with E-state index >= 15 is 0 Å². The lowest BCUT2D eigenvalue weighted by Crippen LogP contribution is -2.44. The topological polar surface area (TPSA) is 52.6 Å². The Morgan fingerprint density at radius 3 is 1.18 bits per heavy atom. The minimum Gasteiger partial charge on any atom is -0.469 e. The minimum atomic E-state index is -0.356. The van der Waals surface area contributed by atoms with E-state index in [1.807, 2.05) is 0 Å². The largest absolute Gasteiger partial charge is 0.469 e. The monoisotopic (exact) mass is 386 g/mol. The van der Waals surface area contributed by atoms with Gasteiger partial charge in [-0.15, -0.1) is 0 Å². The fourth-order valence-electron chi connectivity index (χ4n) is 11.2. The van der Waals surface area contributed by atoms with Crippen LogP contribution in [0.2, 0.25) is 0 Å². The lowest BCUT2D eigenvalue weighted by atomic mass is 9.63. The fraction of sp³-hybridized carbons (Fsp3) is 0.917. The SMILES string of the molecule is COC(=O)C1(C)[C@@H]2C3C4[C@H]1[C@@H]1CCC[C@@H]1[C@H]4C(C)(C(=O)OC)[C@H]3[C@H]1CCC[C@H]12. The number of methoxy groups -OCH3 is 2.